The fourth-order valence-electron chi connectivity index (χ4n) is 1.86. The number of rotatable bonds is 6. The van der Waals surface area contributed by atoms with Gasteiger partial charge in [-0.15, -0.1) is 0 Å². The van der Waals surface area contributed by atoms with Crippen LogP contribution in [-0.2, 0) is 16.1 Å². The van der Waals surface area contributed by atoms with E-state index in [1.807, 2.05) is 44.2 Å². The summed E-state index contributed by atoms with van der Waals surface area (Å²) in [4.78, 5) is 11.0. The van der Waals surface area contributed by atoms with E-state index in [9.17, 15) is 4.79 Å². The molecule has 0 aliphatic carbocycles. The first kappa shape index (κ1) is 14.7. The van der Waals surface area contributed by atoms with Gasteiger partial charge >= 0.3 is 5.97 Å². The van der Waals surface area contributed by atoms with Crippen LogP contribution in [0.15, 0.2) is 30.3 Å². The maximum Gasteiger partial charge on any atom is 0.323 e. The number of carboxylic acid groups (broad SMARTS) is 1. The zero-order valence-corrected chi connectivity index (χ0v) is 11.1. The van der Waals surface area contributed by atoms with Crippen LogP contribution in [0.1, 0.15) is 32.8 Å². The van der Waals surface area contributed by atoms with E-state index in [2.05, 4.69) is 0 Å². The summed E-state index contributed by atoms with van der Waals surface area (Å²) < 4.78 is 5.76. The molecule has 1 aromatic rings. The third kappa shape index (κ3) is 4.47. The van der Waals surface area contributed by atoms with E-state index in [0.29, 0.717) is 6.61 Å². The minimum atomic E-state index is -1.28. The van der Waals surface area contributed by atoms with Gasteiger partial charge in [0.1, 0.15) is 5.54 Å². The summed E-state index contributed by atoms with van der Waals surface area (Å²) in [7, 11) is 0. The molecule has 18 heavy (non-hydrogen) atoms. The number of ether oxygens (including phenoxy) is 1. The minimum Gasteiger partial charge on any atom is -0.480 e. The molecule has 0 heterocycles. The van der Waals surface area contributed by atoms with E-state index in [4.69, 9.17) is 15.6 Å². The first-order valence-electron chi connectivity index (χ1n) is 5.93. The van der Waals surface area contributed by atoms with Crippen LogP contribution in [0.2, 0.25) is 0 Å². The lowest BCUT2D eigenvalue weighted by molar-refractivity contribution is -0.146. The van der Waals surface area contributed by atoms with Gasteiger partial charge in [-0.25, -0.2) is 0 Å². The van der Waals surface area contributed by atoms with Crippen molar-refractivity contribution >= 4 is 5.97 Å². The van der Waals surface area contributed by atoms with E-state index in [1.165, 1.54) is 6.92 Å². The molecule has 4 nitrogen and oxygen atoms in total. The number of carboxylic acids is 1. The Labute approximate surface area is 108 Å². The Kier molecular flexibility index (Phi) is 4.48. The summed E-state index contributed by atoms with van der Waals surface area (Å²) in [5.41, 5.74) is 4.93. The van der Waals surface area contributed by atoms with E-state index < -0.39 is 17.1 Å². The lowest BCUT2D eigenvalue weighted by Gasteiger charge is -2.32. The number of benzene rings is 1. The first-order chi connectivity index (χ1) is 8.23. The fourth-order valence-corrected chi connectivity index (χ4v) is 1.86. The quantitative estimate of drug-likeness (QED) is 0.812. The molecule has 0 saturated carbocycles. The molecule has 3 N–H and O–H groups in total. The maximum atomic E-state index is 11.0. The third-order valence-corrected chi connectivity index (χ3v) is 2.75. The molecule has 0 saturated heterocycles. The zero-order valence-electron chi connectivity index (χ0n) is 11.1. The van der Waals surface area contributed by atoms with Crippen LogP contribution in [0, 0.1) is 0 Å². The van der Waals surface area contributed by atoms with E-state index in [-0.39, 0.29) is 6.42 Å². The Morgan fingerprint density at radius 2 is 1.83 bits per heavy atom. The Morgan fingerprint density at radius 3 is 2.33 bits per heavy atom. The lowest BCUT2D eigenvalue weighted by Crippen LogP contribution is -2.50. The van der Waals surface area contributed by atoms with Gasteiger partial charge < -0.3 is 15.6 Å². The largest absolute Gasteiger partial charge is 0.480 e. The highest BCUT2D eigenvalue weighted by molar-refractivity contribution is 5.77. The van der Waals surface area contributed by atoms with Crippen LogP contribution >= 0.6 is 0 Å². The fraction of sp³-hybridized carbons (Fsp3) is 0.500. The monoisotopic (exact) mass is 251 g/mol. The summed E-state index contributed by atoms with van der Waals surface area (Å²) in [5.74, 6) is -1.01. The normalized spacial score (nSPS) is 15.1. The van der Waals surface area contributed by atoms with E-state index in [1.54, 1.807) is 0 Å². The number of carbonyl (C=O) groups is 1. The van der Waals surface area contributed by atoms with Gasteiger partial charge in [-0.1, -0.05) is 30.3 Å². The maximum absolute atomic E-state index is 11.0. The second-order valence-corrected chi connectivity index (χ2v) is 5.43. The molecule has 0 aliphatic rings. The van der Waals surface area contributed by atoms with Gasteiger partial charge in [-0.3, -0.25) is 4.79 Å². The van der Waals surface area contributed by atoms with Crippen molar-refractivity contribution in [2.75, 3.05) is 0 Å². The zero-order chi connectivity index (χ0) is 13.8. The molecule has 1 aromatic carbocycles. The van der Waals surface area contributed by atoms with Crippen molar-refractivity contribution in [2.45, 2.75) is 44.9 Å². The molecule has 1 rings (SSSR count). The molecule has 1 unspecified atom stereocenters. The van der Waals surface area contributed by atoms with Gasteiger partial charge in [0.25, 0.3) is 0 Å². The number of hydrogen-bond donors (Lipinski definition) is 2. The van der Waals surface area contributed by atoms with Crippen molar-refractivity contribution in [3.8, 4) is 0 Å². The summed E-state index contributed by atoms with van der Waals surface area (Å²) in [6, 6.07) is 9.76. The Hall–Kier alpha value is -1.39. The molecule has 0 radical (unpaired) electrons. The van der Waals surface area contributed by atoms with E-state index in [0.717, 1.165) is 5.56 Å². The smallest absolute Gasteiger partial charge is 0.323 e. The van der Waals surface area contributed by atoms with Gasteiger partial charge in [0.15, 0.2) is 0 Å². The molecule has 100 valence electrons. The Bertz CT molecular complexity index is 399. The molecular weight excluding hydrogens is 230 g/mol. The molecule has 0 amide bonds. The summed E-state index contributed by atoms with van der Waals surface area (Å²) in [6.07, 6.45) is 0.252. The highest BCUT2D eigenvalue weighted by Gasteiger charge is 2.35. The summed E-state index contributed by atoms with van der Waals surface area (Å²) >= 11 is 0. The predicted octanol–water partition coefficient (Wildman–Crippen LogP) is 2.17. The molecule has 1 atom stereocenters. The second-order valence-electron chi connectivity index (χ2n) is 5.43. The topological polar surface area (TPSA) is 72.6 Å². The SMILES string of the molecule is CC(C)(CC(C)(N)C(=O)O)OCc1ccccc1. The Morgan fingerprint density at radius 1 is 1.28 bits per heavy atom. The molecule has 4 heteroatoms. The van der Waals surface area contributed by atoms with Crippen molar-refractivity contribution in [3.05, 3.63) is 35.9 Å². The minimum absolute atomic E-state index is 0.252. The molecule has 0 bridgehead atoms. The van der Waals surface area contributed by atoms with Crippen LogP contribution in [0.3, 0.4) is 0 Å². The average Bonchev–Trinajstić information content (AvgIpc) is 2.26. The van der Waals surface area contributed by atoms with Crippen LogP contribution in [-0.4, -0.2) is 22.2 Å². The summed E-state index contributed by atoms with van der Waals surface area (Å²) in [6.45, 7) is 5.65. The predicted molar refractivity (Wildman–Crippen MR) is 70.2 cm³/mol. The van der Waals surface area contributed by atoms with Crippen molar-refractivity contribution in [1.29, 1.82) is 0 Å². The second kappa shape index (κ2) is 5.50. The molecule has 0 fully saturated rings. The van der Waals surface area contributed by atoms with Crippen LogP contribution in [0.4, 0.5) is 0 Å². The number of nitrogens with two attached hydrogens (primary N) is 1. The van der Waals surface area contributed by atoms with Gasteiger partial charge in [0, 0.05) is 6.42 Å². The summed E-state index contributed by atoms with van der Waals surface area (Å²) in [5, 5.41) is 9.01. The van der Waals surface area contributed by atoms with Gasteiger partial charge in [-0.05, 0) is 26.3 Å². The molecule has 0 spiro atoms. The van der Waals surface area contributed by atoms with E-state index >= 15 is 0 Å². The first-order valence-corrected chi connectivity index (χ1v) is 5.93. The molecular formula is C14H21NO3. The average molecular weight is 251 g/mol. The van der Waals surface area contributed by atoms with Crippen LogP contribution < -0.4 is 5.73 Å². The highest BCUT2D eigenvalue weighted by Crippen LogP contribution is 2.23. The number of hydrogen-bond acceptors (Lipinski definition) is 3. The third-order valence-electron chi connectivity index (χ3n) is 2.75. The molecule has 0 aromatic heterocycles. The standard InChI is InChI=1S/C14H21NO3/c1-13(2,10-14(3,15)12(16)17)18-9-11-7-5-4-6-8-11/h4-8H,9-10,15H2,1-3H3,(H,16,17). The van der Waals surface area contributed by atoms with Crippen LogP contribution in [0.5, 0.6) is 0 Å². The Balaban J connectivity index is 2.57. The van der Waals surface area contributed by atoms with Crippen LogP contribution in [0.25, 0.3) is 0 Å². The van der Waals surface area contributed by atoms with Gasteiger partial charge in [0.2, 0.25) is 0 Å². The highest BCUT2D eigenvalue weighted by atomic mass is 16.5. The lowest BCUT2D eigenvalue weighted by atomic mass is 9.88. The van der Waals surface area contributed by atoms with Crippen molar-refractivity contribution in [1.82, 2.24) is 0 Å². The van der Waals surface area contributed by atoms with Gasteiger partial charge in [-0.2, -0.15) is 0 Å². The van der Waals surface area contributed by atoms with Crippen molar-refractivity contribution in [2.24, 2.45) is 5.73 Å². The van der Waals surface area contributed by atoms with Crippen molar-refractivity contribution < 1.29 is 14.6 Å². The van der Waals surface area contributed by atoms with Gasteiger partial charge in [0.05, 0.1) is 12.2 Å². The molecule has 0 aliphatic heterocycles. The number of aliphatic carboxylic acids is 1. The van der Waals surface area contributed by atoms with Crippen molar-refractivity contribution in [3.63, 3.8) is 0 Å².